The van der Waals surface area contributed by atoms with E-state index in [-0.39, 0.29) is 21.8 Å². The Hall–Kier alpha value is -2.97. The summed E-state index contributed by atoms with van der Waals surface area (Å²) >= 11 is 0. The molecule has 8 heteroatoms. The van der Waals surface area contributed by atoms with Crippen LogP contribution in [0.2, 0.25) is 0 Å². The molecule has 0 saturated heterocycles. The molecule has 31 heavy (non-hydrogen) atoms. The summed E-state index contributed by atoms with van der Waals surface area (Å²) in [7, 11) is -3.69. The van der Waals surface area contributed by atoms with Gasteiger partial charge in [-0.3, -0.25) is 0 Å². The minimum atomic E-state index is -3.69. The Balaban J connectivity index is 1.62. The van der Waals surface area contributed by atoms with Crippen LogP contribution >= 0.6 is 0 Å². The Morgan fingerprint density at radius 1 is 1.06 bits per heavy atom. The summed E-state index contributed by atoms with van der Waals surface area (Å²) in [6.07, 6.45) is 2.46. The molecular formula is C23H23NO6S. The van der Waals surface area contributed by atoms with E-state index in [0.717, 1.165) is 35.8 Å². The van der Waals surface area contributed by atoms with E-state index in [1.165, 1.54) is 34.6 Å². The van der Waals surface area contributed by atoms with Crippen molar-refractivity contribution >= 4 is 27.0 Å². The number of benzene rings is 2. The first-order chi connectivity index (χ1) is 14.8. The van der Waals surface area contributed by atoms with Gasteiger partial charge in [-0.2, -0.15) is 4.31 Å². The lowest BCUT2D eigenvalue weighted by Gasteiger charge is -2.18. The van der Waals surface area contributed by atoms with Crippen LogP contribution < -0.4 is 10.4 Å². The molecule has 1 aromatic heterocycles. The first-order valence-corrected chi connectivity index (χ1v) is 11.7. The van der Waals surface area contributed by atoms with Crippen molar-refractivity contribution in [3.63, 3.8) is 0 Å². The highest BCUT2D eigenvalue weighted by Gasteiger charge is 2.23. The van der Waals surface area contributed by atoms with Gasteiger partial charge in [0.1, 0.15) is 11.3 Å². The average Bonchev–Trinajstić information content (AvgIpc) is 3.25. The summed E-state index contributed by atoms with van der Waals surface area (Å²) in [5.41, 5.74) is 1.86. The topological polar surface area (TPSA) is 93.9 Å². The van der Waals surface area contributed by atoms with Crippen LogP contribution in [0.3, 0.4) is 0 Å². The van der Waals surface area contributed by atoms with Gasteiger partial charge in [0.2, 0.25) is 10.0 Å². The fourth-order valence-electron chi connectivity index (χ4n) is 3.99. The number of hydrogen-bond acceptors (Lipinski definition) is 6. The van der Waals surface area contributed by atoms with Gasteiger partial charge >= 0.3 is 11.6 Å². The predicted molar refractivity (Wildman–Crippen MR) is 116 cm³/mol. The fourth-order valence-corrected chi connectivity index (χ4v) is 5.49. The minimum absolute atomic E-state index is 0.0331. The van der Waals surface area contributed by atoms with E-state index >= 15 is 0 Å². The van der Waals surface area contributed by atoms with E-state index in [1.54, 1.807) is 26.0 Å². The lowest BCUT2D eigenvalue weighted by molar-refractivity contribution is 0.0734. The molecule has 7 nitrogen and oxygen atoms in total. The molecule has 0 fully saturated rings. The van der Waals surface area contributed by atoms with Crippen LogP contribution in [-0.2, 0) is 22.9 Å². The molecule has 162 valence electrons. The van der Waals surface area contributed by atoms with E-state index < -0.39 is 16.0 Å². The highest BCUT2D eigenvalue weighted by atomic mass is 32.2. The molecule has 1 heterocycles. The number of esters is 1. The maximum Gasteiger partial charge on any atom is 0.343 e. The molecule has 1 aliphatic carbocycles. The summed E-state index contributed by atoms with van der Waals surface area (Å²) in [4.78, 5) is 24.9. The smallest absolute Gasteiger partial charge is 0.343 e. The van der Waals surface area contributed by atoms with Crippen LogP contribution in [0.5, 0.6) is 5.75 Å². The molecule has 0 amide bonds. The van der Waals surface area contributed by atoms with Crippen LogP contribution in [0.25, 0.3) is 11.0 Å². The Labute approximate surface area is 180 Å². The Bertz CT molecular complexity index is 1320. The number of nitrogens with zero attached hydrogens (tertiary/aromatic N) is 1. The summed E-state index contributed by atoms with van der Waals surface area (Å²) in [6.45, 7) is 4.18. The number of rotatable bonds is 6. The molecule has 0 unspecified atom stereocenters. The van der Waals surface area contributed by atoms with Gasteiger partial charge in [0.15, 0.2) is 0 Å². The first kappa shape index (κ1) is 21.3. The normalized spacial score (nSPS) is 13.5. The van der Waals surface area contributed by atoms with Crippen LogP contribution in [0, 0.1) is 0 Å². The van der Waals surface area contributed by atoms with Gasteiger partial charge in [0.25, 0.3) is 0 Å². The molecule has 0 spiro atoms. The van der Waals surface area contributed by atoms with Gasteiger partial charge in [-0.15, -0.1) is 0 Å². The molecule has 3 aromatic rings. The molecule has 0 atom stereocenters. The van der Waals surface area contributed by atoms with E-state index in [4.69, 9.17) is 9.15 Å². The van der Waals surface area contributed by atoms with E-state index in [9.17, 15) is 18.0 Å². The van der Waals surface area contributed by atoms with Crippen molar-refractivity contribution in [2.75, 3.05) is 13.1 Å². The van der Waals surface area contributed by atoms with Crippen LogP contribution in [0.1, 0.15) is 41.8 Å². The van der Waals surface area contributed by atoms with Gasteiger partial charge in [0.05, 0.1) is 10.5 Å². The molecule has 1 aliphatic rings. The molecular weight excluding hydrogens is 418 g/mol. The zero-order valence-corrected chi connectivity index (χ0v) is 18.2. The molecule has 2 aromatic carbocycles. The van der Waals surface area contributed by atoms with Crippen LogP contribution in [0.15, 0.2) is 56.6 Å². The Morgan fingerprint density at radius 2 is 1.81 bits per heavy atom. The zero-order chi connectivity index (χ0) is 22.2. The minimum Gasteiger partial charge on any atom is -0.423 e. The number of fused-ring (bicyclic) bond motifs is 3. The third kappa shape index (κ3) is 3.88. The summed E-state index contributed by atoms with van der Waals surface area (Å²) in [5, 5.41) is 0.846. The number of aryl methyl sites for hydroxylation is 1. The van der Waals surface area contributed by atoms with Crippen molar-refractivity contribution in [1.29, 1.82) is 0 Å². The number of sulfonamides is 1. The maximum absolute atomic E-state index is 12.7. The maximum atomic E-state index is 12.7. The highest BCUT2D eigenvalue weighted by Crippen LogP contribution is 2.30. The van der Waals surface area contributed by atoms with Gasteiger partial charge in [-0.05, 0) is 55.2 Å². The number of ether oxygens (including phenoxy) is 1. The van der Waals surface area contributed by atoms with Crippen LogP contribution in [-0.4, -0.2) is 31.8 Å². The van der Waals surface area contributed by atoms with E-state index in [0.29, 0.717) is 18.7 Å². The largest absolute Gasteiger partial charge is 0.423 e. The first-order valence-electron chi connectivity index (χ1n) is 10.3. The lowest BCUT2D eigenvalue weighted by Crippen LogP contribution is -2.30. The third-order valence-corrected chi connectivity index (χ3v) is 7.61. The van der Waals surface area contributed by atoms with Gasteiger partial charge in [0, 0.05) is 30.1 Å². The number of hydrogen-bond donors (Lipinski definition) is 0. The second kappa shape index (κ2) is 8.28. The standard InChI is InChI=1S/C23H23NO6S/c1-3-24(4-2)31(27,28)17-8-5-7-15(13-17)22(25)29-16-11-12-19-18-9-6-10-20(18)23(26)30-21(19)14-16/h5,7-8,11-14H,3-4,6,9-10H2,1-2H3. The van der Waals surface area contributed by atoms with Crippen molar-refractivity contribution in [3.05, 3.63) is 69.6 Å². The summed E-state index contributed by atoms with van der Waals surface area (Å²) < 4.78 is 37.6. The highest BCUT2D eigenvalue weighted by molar-refractivity contribution is 7.89. The second-order valence-corrected chi connectivity index (χ2v) is 9.30. The molecule has 0 aliphatic heterocycles. The van der Waals surface area contributed by atoms with Crippen molar-refractivity contribution in [1.82, 2.24) is 4.31 Å². The fraction of sp³-hybridized carbons (Fsp3) is 0.304. The van der Waals surface area contributed by atoms with Crippen molar-refractivity contribution < 1.29 is 22.4 Å². The van der Waals surface area contributed by atoms with E-state index in [1.807, 2.05) is 0 Å². The zero-order valence-electron chi connectivity index (χ0n) is 17.4. The van der Waals surface area contributed by atoms with Crippen molar-refractivity contribution in [2.45, 2.75) is 38.0 Å². The number of carbonyl (C=O) groups is 1. The SMILES string of the molecule is CCN(CC)S(=O)(=O)c1cccc(C(=O)Oc2ccc3c4c(c(=O)oc3c2)CCC4)c1. The molecule has 4 rings (SSSR count). The summed E-state index contributed by atoms with van der Waals surface area (Å²) in [6, 6.07) is 10.7. The third-order valence-electron chi connectivity index (χ3n) is 5.57. The van der Waals surface area contributed by atoms with Gasteiger partial charge in [-0.1, -0.05) is 19.9 Å². The molecule has 0 saturated carbocycles. The van der Waals surface area contributed by atoms with E-state index in [2.05, 4.69) is 0 Å². The quantitative estimate of drug-likeness (QED) is 0.330. The molecule has 0 bridgehead atoms. The monoisotopic (exact) mass is 441 g/mol. The predicted octanol–water partition coefficient (Wildman–Crippen LogP) is 3.53. The van der Waals surface area contributed by atoms with Crippen molar-refractivity contribution in [2.24, 2.45) is 0 Å². The lowest BCUT2D eigenvalue weighted by atomic mass is 10.1. The van der Waals surface area contributed by atoms with Crippen LogP contribution in [0.4, 0.5) is 0 Å². The average molecular weight is 442 g/mol. The van der Waals surface area contributed by atoms with Crippen molar-refractivity contribution in [3.8, 4) is 5.75 Å². The van der Waals surface area contributed by atoms with Gasteiger partial charge in [-0.25, -0.2) is 18.0 Å². The molecule has 0 radical (unpaired) electrons. The Kier molecular flexibility index (Phi) is 5.68. The van der Waals surface area contributed by atoms with Gasteiger partial charge < -0.3 is 9.15 Å². The summed E-state index contributed by atoms with van der Waals surface area (Å²) in [5.74, 6) is -0.477. The Morgan fingerprint density at radius 3 is 2.55 bits per heavy atom. The number of carbonyl (C=O) groups excluding carboxylic acids is 1. The second-order valence-electron chi connectivity index (χ2n) is 7.36. The molecule has 0 N–H and O–H groups in total.